The summed E-state index contributed by atoms with van der Waals surface area (Å²) in [7, 11) is 3.14. The van der Waals surface area contributed by atoms with Crippen LogP contribution >= 0.6 is 12.4 Å². The fraction of sp³-hybridized carbons (Fsp3) is 0.611. The van der Waals surface area contributed by atoms with E-state index in [1.54, 1.807) is 32.4 Å². The molecule has 6 heteroatoms. The van der Waals surface area contributed by atoms with Crippen molar-refractivity contribution < 1.29 is 19.0 Å². The maximum Gasteiger partial charge on any atom is 0.338 e. The smallest absolute Gasteiger partial charge is 0.338 e. The molecule has 2 saturated heterocycles. The van der Waals surface area contributed by atoms with Gasteiger partial charge in [-0.2, -0.15) is 0 Å². The quantitative estimate of drug-likeness (QED) is 0.775. The number of hydrogen-bond donors (Lipinski definition) is 0. The molecule has 1 aromatic carbocycles. The van der Waals surface area contributed by atoms with Gasteiger partial charge in [-0.15, -0.1) is 12.4 Å². The zero-order valence-corrected chi connectivity index (χ0v) is 15.1. The molecule has 0 aromatic heterocycles. The van der Waals surface area contributed by atoms with Crippen molar-refractivity contribution in [2.75, 3.05) is 27.3 Å². The number of nitrogens with zero attached hydrogens (tertiary/aromatic N) is 1. The molecule has 2 atom stereocenters. The van der Waals surface area contributed by atoms with Crippen molar-refractivity contribution in [3.8, 4) is 11.5 Å². The summed E-state index contributed by atoms with van der Waals surface area (Å²) < 4.78 is 16.3. The first kappa shape index (κ1) is 18.9. The molecule has 5 nitrogen and oxygen atoms in total. The van der Waals surface area contributed by atoms with E-state index < -0.39 is 0 Å². The third-order valence-corrected chi connectivity index (χ3v) is 4.91. The van der Waals surface area contributed by atoms with Crippen molar-refractivity contribution in [1.82, 2.24) is 4.90 Å². The first-order chi connectivity index (χ1) is 11.2. The average molecular weight is 356 g/mol. The number of piperidine rings is 2. The van der Waals surface area contributed by atoms with Crippen molar-refractivity contribution in [2.24, 2.45) is 0 Å². The molecule has 0 radical (unpaired) electrons. The highest BCUT2D eigenvalue weighted by Gasteiger charge is 2.35. The Morgan fingerprint density at radius 3 is 2.54 bits per heavy atom. The van der Waals surface area contributed by atoms with Crippen LogP contribution in [-0.2, 0) is 4.74 Å². The lowest BCUT2D eigenvalue weighted by atomic mass is 9.90. The molecule has 2 fully saturated rings. The minimum atomic E-state index is -0.275. The summed E-state index contributed by atoms with van der Waals surface area (Å²) in [6.07, 6.45) is 5.67. The van der Waals surface area contributed by atoms with Gasteiger partial charge in [0.2, 0.25) is 0 Å². The predicted octanol–water partition coefficient (Wildman–Crippen LogP) is 3.30. The normalized spacial score (nSPS) is 23.6. The van der Waals surface area contributed by atoms with Gasteiger partial charge in [0.25, 0.3) is 0 Å². The van der Waals surface area contributed by atoms with Gasteiger partial charge in [-0.05, 0) is 57.0 Å². The fourth-order valence-corrected chi connectivity index (χ4v) is 3.71. The van der Waals surface area contributed by atoms with E-state index in [0.717, 1.165) is 32.4 Å². The minimum Gasteiger partial charge on any atom is -0.493 e. The topological polar surface area (TPSA) is 48.0 Å². The van der Waals surface area contributed by atoms with E-state index in [1.165, 1.54) is 12.8 Å². The Labute approximate surface area is 149 Å². The second-order valence-corrected chi connectivity index (χ2v) is 6.25. The van der Waals surface area contributed by atoms with Gasteiger partial charge in [0.1, 0.15) is 6.10 Å². The van der Waals surface area contributed by atoms with Gasteiger partial charge < -0.3 is 14.2 Å². The monoisotopic (exact) mass is 355 g/mol. The molecule has 0 amide bonds. The number of halogens is 1. The van der Waals surface area contributed by atoms with E-state index >= 15 is 0 Å². The summed E-state index contributed by atoms with van der Waals surface area (Å²) in [5, 5.41) is 0. The molecule has 0 aliphatic carbocycles. The lowest BCUT2D eigenvalue weighted by Crippen LogP contribution is -2.51. The highest BCUT2D eigenvalue weighted by Crippen LogP contribution is 2.31. The van der Waals surface area contributed by atoms with E-state index in [9.17, 15) is 4.79 Å². The molecule has 2 heterocycles. The zero-order valence-electron chi connectivity index (χ0n) is 14.3. The van der Waals surface area contributed by atoms with E-state index in [2.05, 4.69) is 4.90 Å². The molecule has 0 bridgehead atoms. The van der Waals surface area contributed by atoms with Crippen LogP contribution in [0.2, 0.25) is 0 Å². The van der Waals surface area contributed by atoms with Crippen LogP contribution in [0.25, 0.3) is 0 Å². The average Bonchev–Trinajstić information content (AvgIpc) is 2.61. The van der Waals surface area contributed by atoms with Crippen LogP contribution in [0.1, 0.15) is 42.5 Å². The predicted molar refractivity (Wildman–Crippen MR) is 94.4 cm³/mol. The maximum absolute atomic E-state index is 12.5. The summed E-state index contributed by atoms with van der Waals surface area (Å²) in [5.41, 5.74) is 0.510. The number of esters is 1. The van der Waals surface area contributed by atoms with Crippen LogP contribution in [0.15, 0.2) is 18.2 Å². The Hall–Kier alpha value is -1.46. The van der Waals surface area contributed by atoms with Gasteiger partial charge in [-0.25, -0.2) is 4.79 Å². The minimum absolute atomic E-state index is 0. The van der Waals surface area contributed by atoms with Crippen molar-refractivity contribution in [2.45, 2.75) is 44.2 Å². The molecule has 0 N–H and O–H groups in total. The Morgan fingerprint density at radius 1 is 1.04 bits per heavy atom. The van der Waals surface area contributed by atoms with E-state index in [0.29, 0.717) is 23.1 Å². The standard InChI is InChI=1S/C18H25NO4.ClH/c1-21-16-9-8-13(12-17(16)22-2)18(20)23-15-7-5-11-19-10-4-3-6-14(15)19;/h8-9,12,14-15H,3-7,10-11H2,1-2H3;1H. The molecule has 24 heavy (non-hydrogen) atoms. The molecule has 2 aliphatic rings. The SMILES string of the molecule is COc1ccc(C(=O)OC2CCCN3CCCCC23)cc1OC.Cl. The van der Waals surface area contributed by atoms with Gasteiger partial charge in [0, 0.05) is 6.04 Å². The summed E-state index contributed by atoms with van der Waals surface area (Å²) in [5.74, 6) is 0.883. The van der Waals surface area contributed by atoms with Crippen molar-refractivity contribution >= 4 is 18.4 Å². The lowest BCUT2D eigenvalue weighted by Gasteiger charge is -2.43. The molecular formula is C18H26ClNO4. The van der Waals surface area contributed by atoms with Crippen LogP contribution in [0.5, 0.6) is 11.5 Å². The molecule has 2 aliphatic heterocycles. The van der Waals surface area contributed by atoms with Gasteiger partial charge in [0.15, 0.2) is 11.5 Å². The second kappa shape index (κ2) is 8.58. The first-order valence-corrected chi connectivity index (χ1v) is 8.40. The van der Waals surface area contributed by atoms with Gasteiger partial charge in [0.05, 0.1) is 19.8 Å². The van der Waals surface area contributed by atoms with Gasteiger partial charge in [-0.1, -0.05) is 6.42 Å². The zero-order chi connectivity index (χ0) is 16.2. The Bertz CT molecular complexity index is 564. The van der Waals surface area contributed by atoms with Crippen molar-refractivity contribution in [3.05, 3.63) is 23.8 Å². The molecule has 3 rings (SSSR count). The van der Waals surface area contributed by atoms with E-state index in [4.69, 9.17) is 14.2 Å². The molecule has 0 saturated carbocycles. The van der Waals surface area contributed by atoms with Crippen LogP contribution in [0, 0.1) is 0 Å². The second-order valence-electron chi connectivity index (χ2n) is 6.25. The Balaban J connectivity index is 0.00000208. The van der Waals surface area contributed by atoms with Crippen LogP contribution < -0.4 is 9.47 Å². The first-order valence-electron chi connectivity index (χ1n) is 8.40. The van der Waals surface area contributed by atoms with E-state index in [-0.39, 0.29) is 24.5 Å². The Kier molecular flexibility index (Phi) is 6.75. The number of rotatable bonds is 4. The molecular weight excluding hydrogens is 330 g/mol. The summed E-state index contributed by atoms with van der Waals surface area (Å²) in [4.78, 5) is 15.0. The largest absolute Gasteiger partial charge is 0.493 e. The highest BCUT2D eigenvalue weighted by atomic mass is 35.5. The molecule has 0 spiro atoms. The van der Waals surface area contributed by atoms with Crippen LogP contribution in [-0.4, -0.2) is 50.3 Å². The van der Waals surface area contributed by atoms with E-state index in [1.807, 2.05) is 0 Å². The lowest BCUT2D eigenvalue weighted by molar-refractivity contribution is -0.0342. The number of carbonyl (C=O) groups excluding carboxylic acids is 1. The Morgan fingerprint density at radius 2 is 1.79 bits per heavy atom. The third-order valence-electron chi connectivity index (χ3n) is 4.91. The third kappa shape index (κ3) is 3.95. The number of carbonyl (C=O) groups is 1. The van der Waals surface area contributed by atoms with Crippen LogP contribution in [0.3, 0.4) is 0 Å². The molecule has 134 valence electrons. The number of methoxy groups -OCH3 is 2. The van der Waals surface area contributed by atoms with Gasteiger partial charge in [-0.3, -0.25) is 4.90 Å². The highest BCUT2D eigenvalue weighted by molar-refractivity contribution is 5.90. The maximum atomic E-state index is 12.5. The number of benzene rings is 1. The fourth-order valence-electron chi connectivity index (χ4n) is 3.71. The number of ether oxygens (including phenoxy) is 3. The summed E-state index contributed by atoms with van der Waals surface area (Å²) >= 11 is 0. The van der Waals surface area contributed by atoms with Crippen molar-refractivity contribution in [3.63, 3.8) is 0 Å². The molecule has 2 unspecified atom stereocenters. The summed E-state index contributed by atoms with van der Waals surface area (Å²) in [6, 6.07) is 5.54. The number of hydrogen-bond acceptors (Lipinski definition) is 5. The summed E-state index contributed by atoms with van der Waals surface area (Å²) in [6.45, 7) is 2.27. The number of fused-ring (bicyclic) bond motifs is 1. The van der Waals surface area contributed by atoms with Crippen molar-refractivity contribution in [1.29, 1.82) is 0 Å². The van der Waals surface area contributed by atoms with Gasteiger partial charge >= 0.3 is 5.97 Å². The molecule has 1 aromatic rings. The van der Waals surface area contributed by atoms with Crippen LogP contribution in [0.4, 0.5) is 0 Å².